The quantitative estimate of drug-likeness (QED) is 0.829. The van der Waals surface area contributed by atoms with Gasteiger partial charge in [-0.2, -0.15) is 0 Å². The van der Waals surface area contributed by atoms with Crippen LogP contribution in [0, 0.1) is 0 Å². The van der Waals surface area contributed by atoms with Crippen molar-refractivity contribution in [3.8, 4) is 5.75 Å². The smallest absolute Gasteiger partial charge is 0.119 e. The molecule has 0 bridgehead atoms. The predicted molar refractivity (Wildman–Crippen MR) is 83.5 cm³/mol. The summed E-state index contributed by atoms with van der Waals surface area (Å²) in [6.07, 6.45) is 10.5. The zero-order chi connectivity index (χ0) is 14.5. The van der Waals surface area contributed by atoms with Gasteiger partial charge in [-0.05, 0) is 55.5 Å². The number of methoxy groups -OCH3 is 1. The highest BCUT2D eigenvalue weighted by Crippen LogP contribution is 2.32. The Morgan fingerprint density at radius 1 is 1.43 bits per heavy atom. The van der Waals surface area contributed by atoms with Crippen LogP contribution in [0.2, 0.25) is 0 Å². The highest BCUT2D eigenvalue weighted by molar-refractivity contribution is 5.39. The molecule has 1 unspecified atom stereocenters. The molecule has 0 aliphatic heterocycles. The van der Waals surface area contributed by atoms with Crippen LogP contribution in [-0.2, 0) is 13.0 Å². The van der Waals surface area contributed by atoms with Gasteiger partial charge in [0.2, 0.25) is 0 Å². The molecule has 0 fully saturated rings. The van der Waals surface area contributed by atoms with Crippen molar-refractivity contribution in [1.29, 1.82) is 0 Å². The molecule has 0 spiro atoms. The topological polar surface area (TPSA) is 39.1 Å². The first-order valence-electron chi connectivity index (χ1n) is 7.73. The molecule has 0 radical (unpaired) electrons. The SMILES string of the molecule is COc1ccc2c(c1)C(NCCCn1ccnc1)CCC2. The first-order chi connectivity index (χ1) is 10.4. The van der Waals surface area contributed by atoms with E-state index in [0.29, 0.717) is 6.04 Å². The second kappa shape index (κ2) is 6.76. The monoisotopic (exact) mass is 285 g/mol. The van der Waals surface area contributed by atoms with Crippen LogP contribution in [0.25, 0.3) is 0 Å². The van der Waals surface area contributed by atoms with E-state index >= 15 is 0 Å². The third kappa shape index (κ3) is 3.45. The number of rotatable bonds is 6. The lowest BCUT2D eigenvalue weighted by molar-refractivity contribution is 0.407. The molecule has 4 heteroatoms. The molecule has 1 heterocycles. The van der Waals surface area contributed by atoms with Gasteiger partial charge in [0.15, 0.2) is 0 Å². The van der Waals surface area contributed by atoms with Crippen molar-refractivity contribution in [3.63, 3.8) is 0 Å². The number of nitrogens with zero attached hydrogens (tertiary/aromatic N) is 2. The van der Waals surface area contributed by atoms with Crippen molar-refractivity contribution >= 4 is 0 Å². The molecule has 4 nitrogen and oxygen atoms in total. The number of imidazole rings is 1. The summed E-state index contributed by atoms with van der Waals surface area (Å²) in [5, 5.41) is 3.70. The second-order valence-corrected chi connectivity index (χ2v) is 5.62. The van der Waals surface area contributed by atoms with Crippen LogP contribution >= 0.6 is 0 Å². The average molecular weight is 285 g/mol. The van der Waals surface area contributed by atoms with Gasteiger partial charge in [-0.15, -0.1) is 0 Å². The first kappa shape index (κ1) is 14.1. The van der Waals surface area contributed by atoms with E-state index in [0.717, 1.165) is 25.3 Å². The zero-order valence-corrected chi connectivity index (χ0v) is 12.6. The standard InChI is InChI=1S/C17H23N3O/c1-21-15-7-6-14-4-2-5-17(16(14)12-15)19-8-3-10-20-11-9-18-13-20/h6-7,9,11-13,17,19H,2-5,8,10H2,1H3. The Labute approximate surface area is 126 Å². The van der Waals surface area contributed by atoms with Gasteiger partial charge in [0.25, 0.3) is 0 Å². The van der Waals surface area contributed by atoms with Crippen LogP contribution in [0.3, 0.4) is 0 Å². The molecule has 1 aliphatic carbocycles. The molecular formula is C17H23N3O. The molecule has 1 N–H and O–H groups in total. The Bertz CT molecular complexity index is 565. The number of ether oxygens (including phenoxy) is 1. The first-order valence-corrected chi connectivity index (χ1v) is 7.73. The molecule has 0 saturated heterocycles. The largest absolute Gasteiger partial charge is 0.497 e. The summed E-state index contributed by atoms with van der Waals surface area (Å²) in [5.41, 5.74) is 2.89. The molecule has 112 valence electrons. The number of benzene rings is 1. The second-order valence-electron chi connectivity index (χ2n) is 5.62. The summed E-state index contributed by atoms with van der Waals surface area (Å²) < 4.78 is 7.49. The molecule has 1 aliphatic rings. The maximum atomic E-state index is 5.37. The average Bonchev–Trinajstić information content (AvgIpc) is 3.04. The van der Waals surface area contributed by atoms with E-state index in [1.807, 2.05) is 18.7 Å². The fraction of sp³-hybridized carbons (Fsp3) is 0.471. The Kier molecular flexibility index (Phi) is 4.55. The Morgan fingerprint density at radius 2 is 2.38 bits per heavy atom. The van der Waals surface area contributed by atoms with Gasteiger partial charge in [-0.1, -0.05) is 6.07 Å². The summed E-state index contributed by atoms with van der Waals surface area (Å²) in [5.74, 6) is 0.959. The number of aromatic nitrogens is 2. The van der Waals surface area contributed by atoms with Crippen molar-refractivity contribution in [3.05, 3.63) is 48.0 Å². The van der Waals surface area contributed by atoms with Crippen molar-refractivity contribution < 1.29 is 4.74 Å². The summed E-state index contributed by atoms with van der Waals surface area (Å²) in [7, 11) is 1.73. The van der Waals surface area contributed by atoms with Crippen LogP contribution in [0.4, 0.5) is 0 Å². The van der Waals surface area contributed by atoms with Gasteiger partial charge in [0.1, 0.15) is 5.75 Å². The minimum atomic E-state index is 0.464. The lowest BCUT2D eigenvalue weighted by Gasteiger charge is -2.27. The van der Waals surface area contributed by atoms with Crippen LogP contribution in [0.5, 0.6) is 5.75 Å². The van der Waals surface area contributed by atoms with Crippen LogP contribution < -0.4 is 10.1 Å². The maximum absolute atomic E-state index is 5.37. The zero-order valence-electron chi connectivity index (χ0n) is 12.6. The van der Waals surface area contributed by atoms with E-state index in [9.17, 15) is 0 Å². The fourth-order valence-corrected chi connectivity index (χ4v) is 3.07. The fourth-order valence-electron chi connectivity index (χ4n) is 3.07. The van der Waals surface area contributed by atoms with E-state index < -0.39 is 0 Å². The van der Waals surface area contributed by atoms with Crippen LogP contribution in [-0.4, -0.2) is 23.2 Å². The minimum absolute atomic E-state index is 0.464. The summed E-state index contributed by atoms with van der Waals surface area (Å²) >= 11 is 0. The van der Waals surface area contributed by atoms with Gasteiger partial charge in [-0.25, -0.2) is 4.98 Å². The highest BCUT2D eigenvalue weighted by Gasteiger charge is 2.20. The molecule has 0 amide bonds. The van der Waals surface area contributed by atoms with Crippen LogP contribution in [0.1, 0.15) is 36.4 Å². The molecule has 21 heavy (non-hydrogen) atoms. The molecule has 1 atom stereocenters. The van der Waals surface area contributed by atoms with Gasteiger partial charge in [0.05, 0.1) is 13.4 Å². The van der Waals surface area contributed by atoms with E-state index in [-0.39, 0.29) is 0 Å². The predicted octanol–water partition coefficient (Wildman–Crippen LogP) is 2.95. The van der Waals surface area contributed by atoms with E-state index in [2.05, 4.69) is 33.1 Å². The number of nitrogens with one attached hydrogen (secondary N) is 1. The van der Waals surface area contributed by atoms with Gasteiger partial charge in [0, 0.05) is 25.0 Å². The lowest BCUT2D eigenvalue weighted by Crippen LogP contribution is -2.26. The molecule has 1 aromatic carbocycles. The van der Waals surface area contributed by atoms with E-state index in [1.54, 1.807) is 7.11 Å². The van der Waals surface area contributed by atoms with Crippen LogP contribution in [0.15, 0.2) is 36.9 Å². The van der Waals surface area contributed by atoms with Crippen molar-refractivity contribution in [2.75, 3.05) is 13.7 Å². The molecule has 1 aromatic heterocycles. The lowest BCUT2D eigenvalue weighted by atomic mass is 9.87. The Morgan fingerprint density at radius 3 is 3.19 bits per heavy atom. The Balaban J connectivity index is 1.57. The van der Waals surface area contributed by atoms with Gasteiger partial charge >= 0.3 is 0 Å². The third-order valence-electron chi connectivity index (χ3n) is 4.21. The minimum Gasteiger partial charge on any atom is -0.497 e. The number of fused-ring (bicyclic) bond motifs is 1. The highest BCUT2D eigenvalue weighted by atomic mass is 16.5. The van der Waals surface area contributed by atoms with Gasteiger partial charge in [-0.3, -0.25) is 0 Å². The third-order valence-corrected chi connectivity index (χ3v) is 4.21. The maximum Gasteiger partial charge on any atom is 0.119 e. The summed E-state index contributed by atoms with van der Waals surface area (Å²) in [6, 6.07) is 6.95. The van der Waals surface area contributed by atoms with Crippen molar-refractivity contribution in [2.45, 2.75) is 38.3 Å². The number of aryl methyl sites for hydroxylation is 2. The van der Waals surface area contributed by atoms with E-state index in [4.69, 9.17) is 4.74 Å². The summed E-state index contributed by atoms with van der Waals surface area (Å²) in [6.45, 7) is 2.05. The Hall–Kier alpha value is -1.81. The van der Waals surface area contributed by atoms with Crippen molar-refractivity contribution in [1.82, 2.24) is 14.9 Å². The molecular weight excluding hydrogens is 262 g/mol. The molecule has 0 saturated carbocycles. The normalized spacial score (nSPS) is 17.5. The molecule has 3 rings (SSSR count). The van der Waals surface area contributed by atoms with E-state index in [1.165, 1.54) is 30.4 Å². The number of hydrogen-bond donors (Lipinski definition) is 1. The van der Waals surface area contributed by atoms with Gasteiger partial charge < -0.3 is 14.6 Å². The van der Waals surface area contributed by atoms with Crippen molar-refractivity contribution in [2.24, 2.45) is 0 Å². The molecule has 2 aromatic rings. The number of hydrogen-bond acceptors (Lipinski definition) is 3. The summed E-state index contributed by atoms with van der Waals surface area (Å²) in [4.78, 5) is 4.07.